The molecule has 0 spiro atoms. The minimum Gasteiger partial charge on any atom is -0.309 e. The summed E-state index contributed by atoms with van der Waals surface area (Å²) < 4.78 is 14.9. The van der Waals surface area contributed by atoms with Crippen molar-refractivity contribution < 1.29 is 4.57 Å². The molecule has 0 N–H and O–H groups in total. The maximum atomic E-state index is 14.9. The molecule has 0 aliphatic heterocycles. The van der Waals surface area contributed by atoms with Crippen molar-refractivity contribution in [2.75, 3.05) is 0 Å². The molecule has 0 heterocycles. The number of fused-ring (bicyclic) bond motifs is 3. The van der Waals surface area contributed by atoms with Crippen LogP contribution in [0.1, 0.15) is 16.7 Å². The molecule has 1 nitrogen and oxygen atoms in total. The first kappa shape index (κ1) is 26.0. The van der Waals surface area contributed by atoms with E-state index in [0.717, 1.165) is 32.6 Å². The standard InChI is InChI=1S/C40H29OP/c41-42(34-17-6-2-7-18-34,35-19-8-3-9-20-35)36-26-24-31(25-27-36)40(30-14-4-1-5-15-30)29-33-28-32-16-10-11-21-37(32)39-23-13-12-22-38(33)39/h1-29H. The lowest BCUT2D eigenvalue weighted by molar-refractivity contribution is 0.592. The van der Waals surface area contributed by atoms with Gasteiger partial charge in [-0.05, 0) is 56.0 Å². The van der Waals surface area contributed by atoms with Crippen LogP contribution in [0.2, 0.25) is 0 Å². The molecule has 0 saturated carbocycles. The van der Waals surface area contributed by atoms with Crippen molar-refractivity contribution in [3.05, 3.63) is 187 Å². The average Bonchev–Trinajstić information content (AvgIpc) is 3.08. The summed E-state index contributed by atoms with van der Waals surface area (Å²) in [5, 5.41) is 7.45. The summed E-state index contributed by atoms with van der Waals surface area (Å²) in [7, 11) is -3.04. The van der Waals surface area contributed by atoms with Gasteiger partial charge in [-0.2, -0.15) is 0 Å². The van der Waals surface area contributed by atoms with Gasteiger partial charge in [0.15, 0.2) is 7.14 Å². The van der Waals surface area contributed by atoms with Crippen molar-refractivity contribution in [3.63, 3.8) is 0 Å². The van der Waals surface area contributed by atoms with Crippen LogP contribution in [0.25, 0.3) is 33.2 Å². The molecule has 0 bridgehead atoms. The summed E-state index contributed by atoms with van der Waals surface area (Å²) in [5.41, 5.74) is 4.51. The summed E-state index contributed by atoms with van der Waals surface area (Å²) in [5.74, 6) is 0. The molecule has 0 aromatic heterocycles. The SMILES string of the molecule is O=P(c1ccccc1)(c1ccccc1)c1ccc(C(=Cc2cc3ccccc3c3ccccc23)c2ccccc2)cc1. The minimum absolute atomic E-state index is 0.826. The molecule has 7 aromatic carbocycles. The maximum Gasteiger partial charge on any atom is 0.171 e. The first-order valence-corrected chi connectivity index (χ1v) is 15.9. The fourth-order valence-corrected chi connectivity index (χ4v) is 8.53. The molecule has 0 fully saturated rings. The zero-order valence-corrected chi connectivity index (χ0v) is 24.0. The third-order valence-corrected chi connectivity index (χ3v) is 11.0. The van der Waals surface area contributed by atoms with Crippen molar-refractivity contribution in [1.82, 2.24) is 0 Å². The smallest absolute Gasteiger partial charge is 0.171 e. The third-order valence-electron chi connectivity index (χ3n) is 7.97. The molecular weight excluding hydrogens is 527 g/mol. The number of rotatable bonds is 6. The van der Waals surface area contributed by atoms with Crippen LogP contribution in [0, 0.1) is 0 Å². The monoisotopic (exact) mass is 556 g/mol. The number of hydrogen-bond donors (Lipinski definition) is 0. The van der Waals surface area contributed by atoms with Crippen LogP contribution in [0.3, 0.4) is 0 Å². The second-order valence-electron chi connectivity index (χ2n) is 10.5. The van der Waals surface area contributed by atoms with E-state index in [1.807, 2.05) is 78.9 Å². The fraction of sp³-hybridized carbons (Fsp3) is 0. The van der Waals surface area contributed by atoms with Crippen molar-refractivity contribution in [3.8, 4) is 0 Å². The van der Waals surface area contributed by atoms with Gasteiger partial charge in [-0.1, -0.05) is 164 Å². The van der Waals surface area contributed by atoms with E-state index in [1.165, 1.54) is 27.1 Å². The van der Waals surface area contributed by atoms with Gasteiger partial charge in [0.05, 0.1) is 0 Å². The van der Waals surface area contributed by atoms with Gasteiger partial charge in [0.25, 0.3) is 0 Å². The van der Waals surface area contributed by atoms with Crippen LogP contribution in [0.4, 0.5) is 0 Å². The van der Waals surface area contributed by atoms with Crippen LogP contribution < -0.4 is 15.9 Å². The van der Waals surface area contributed by atoms with Crippen LogP contribution in [-0.2, 0) is 4.57 Å². The second kappa shape index (κ2) is 11.1. The fourth-order valence-electron chi connectivity index (χ4n) is 5.88. The molecule has 0 atom stereocenters. The van der Waals surface area contributed by atoms with E-state index >= 15 is 0 Å². The highest BCUT2D eigenvalue weighted by Crippen LogP contribution is 2.42. The lowest BCUT2D eigenvalue weighted by Gasteiger charge is -2.20. The summed E-state index contributed by atoms with van der Waals surface area (Å²) in [6.07, 6.45) is 2.30. The Hall–Kier alpha value is -4.97. The molecule has 0 amide bonds. The highest BCUT2D eigenvalue weighted by Gasteiger charge is 2.29. The Morgan fingerprint density at radius 1 is 0.429 bits per heavy atom. The Kier molecular flexibility index (Phi) is 6.88. The van der Waals surface area contributed by atoms with E-state index in [1.54, 1.807) is 0 Å². The number of benzene rings is 7. The summed E-state index contributed by atoms with van der Waals surface area (Å²) in [4.78, 5) is 0. The van der Waals surface area contributed by atoms with E-state index < -0.39 is 7.14 Å². The van der Waals surface area contributed by atoms with Gasteiger partial charge >= 0.3 is 0 Å². The van der Waals surface area contributed by atoms with Gasteiger partial charge in [-0.25, -0.2) is 0 Å². The van der Waals surface area contributed by atoms with Gasteiger partial charge in [-0.3, -0.25) is 0 Å². The molecule has 0 saturated heterocycles. The largest absolute Gasteiger partial charge is 0.309 e. The first-order chi connectivity index (χ1) is 20.7. The molecule has 0 unspecified atom stereocenters. The van der Waals surface area contributed by atoms with Crippen molar-refractivity contribution in [2.45, 2.75) is 0 Å². The van der Waals surface area contributed by atoms with E-state index in [2.05, 4.69) is 97.1 Å². The Morgan fingerprint density at radius 2 is 0.881 bits per heavy atom. The first-order valence-electron chi connectivity index (χ1n) is 14.2. The topological polar surface area (TPSA) is 17.1 Å². The van der Waals surface area contributed by atoms with Gasteiger partial charge < -0.3 is 4.57 Å². The van der Waals surface area contributed by atoms with Crippen LogP contribution in [-0.4, -0.2) is 0 Å². The normalized spacial score (nSPS) is 12.0. The van der Waals surface area contributed by atoms with Gasteiger partial charge in [-0.15, -0.1) is 0 Å². The quantitative estimate of drug-likeness (QED) is 0.113. The van der Waals surface area contributed by atoms with Crippen LogP contribution in [0.15, 0.2) is 170 Å². The lowest BCUT2D eigenvalue weighted by atomic mass is 9.92. The molecule has 0 radical (unpaired) electrons. The van der Waals surface area contributed by atoms with E-state index in [4.69, 9.17) is 0 Å². The summed E-state index contributed by atoms with van der Waals surface area (Å²) in [6.45, 7) is 0. The van der Waals surface area contributed by atoms with Crippen LogP contribution >= 0.6 is 7.14 Å². The van der Waals surface area contributed by atoms with Crippen molar-refractivity contribution in [2.24, 2.45) is 0 Å². The molecule has 0 aliphatic rings. The summed E-state index contributed by atoms with van der Waals surface area (Å²) >= 11 is 0. The van der Waals surface area contributed by atoms with Gasteiger partial charge in [0.2, 0.25) is 0 Å². The number of hydrogen-bond acceptors (Lipinski definition) is 1. The van der Waals surface area contributed by atoms with E-state index in [-0.39, 0.29) is 0 Å². The molecule has 7 aromatic rings. The summed E-state index contributed by atoms with van der Waals surface area (Å²) in [6, 6.07) is 58.0. The van der Waals surface area contributed by atoms with E-state index in [9.17, 15) is 4.57 Å². The Balaban J connectivity index is 1.41. The van der Waals surface area contributed by atoms with Gasteiger partial charge in [0.1, 0.15) is 0 Å². The predicted octanol–water partition coefficient (Wildman–Crippen LogP) is 9.22. The Morgan fingerprint density at radius 3 is 1.50 bits per heavy atom. The molecule has 2 heteroatoms. The lowest BCUT2D eigenvalue weighted by Crippen LogP contribution is -2.24. The maximum absolute atomic E-state index is 14.9. The Labute approximate surface area is 246 Å². The van der Waals surface area contributed by atoms with Gasteiger partial charge in [0, 0.05) is 15.9 Å². The van der Waals surface area contributed by atoms with Crippen molar-refractivity contribution >= 4 is 56.2 Å². The zero-order valence-electron chi connectivity index (χ0n) is 23.1. The van der Waals surface area contributed by atoms with E-state index in [0.29, 0.717) is 0 Å². The third kappa shape index (κ3) is 4.69. The Bertz CT molecular complexity index is 2030. The zero-order chi connectivity index (χ0) is 28.4. The predicted molar refractivity (Wildman–Crippen MR) is 181 cm³/mol. The second-order valence-corrected chi connectivity index (χ2v) is 13.3. The highest BCUT2D eigenvalue weighted by atomic mass is 31.2. The molecule has 0 aliphatic carbocycles. The molecular formula is C40H29OP. The van der Waals surface area contributed by atoms with Crippen molar-refractivity contribution in [1.29, 1.82) is 0 Å². The highest BCUT2D eigenvalue weighted by molar-refractivity contribution is 7.85. The minimum atomic E-state index is -3.04. The molecule has 200 valence electrons. The molecule has 42 heavy (non-hydrogen) atoms. The average molecular weight is 557 g/mol. The van der Waals surface area contributed by atoms with Crippen LogP contribution in [0.5, 0.6) is 0 Å². The molecule has 7 rings (SSSR count).